The van der Waals surface area contributed by atoms with Crippen molar-refractivity contribution in [2.45, 2.75) is 74.3 Å². The first kappa shape index (κ1) is 17.5. The van der Waals surface area contributed by atoms with Crippen LogP contribution >= 0.6 is 0 Å². The highest BCUT2D eigenvalue weighted by Crippen LogP contribution is 2.50. The summed E-state index contributed by atoms with van der Waals surface area (Å²) in [6.07, 6.45) is 0.812. The number of ether oxygens (including phenoxy) is 1. The maximum Gasteiger partial charge on any atom is 0.312 e. The van der Waals surface area contributed by atoms with Gasteiger partial charge in [0.25, 0.3) is 0 Å². The summed E-state index contributed by atoms with van der Waals surface area (Å²) in [7, 11) is 0. The van der Waals surface area contributed by atoms with Crippen LogP contribution in [0.25, 0.3) is 0 Å². The second-order valence-electron chi connectivity index (χ2n) is 7.97. The number of hydrogen-bond acceptors (Lipinski definition) is 2. The van der Waals surface area contributed by atoms with Crippen molar-refractivity contribution in [2.24, 2.45) is 35.0 Å². The number of hydrogen-bond donors (Lipinski definition) is 0. The molecule has 0 radical (unpaired) electrons. The summed E-state index contributed by atoms with van der Waals surface area (Å²) in [5.41, 5.74) is -0.743. The highest BCUT2D eigenvalue weighted by Gasteiger charge is 2.52. The molecule has 0 amide bonds. The maximum atomic E-state index is 12.5. The smallest absolute Gasteiger partial charge is 0.312 e. The van der Waals surface area contributed by atoms with Gasteiger partial charge in [-0.1, -0.05) is 41.5 Å². The van der Waals surface area contributed by atoms with E-state index in [4.69, 9.17) is 4.74 Å². The van der Waals surface area contributed by atoms with Gasteiger partial charge in [0.15, 0.2) is 0 Å². The standard InChI is InChI=1S/C18H34O2/c1-10-17(7,8)16(19)20-18(9)14(5)12(3)11(2)13(4)15(18)6/h11-15H,10H2,1-9H3. The number of carbonyl (C=O) groups excluding carboxylic acids is 1. The maximum absolute atomic E-state index is 12.5. The van der Waals surface area contributed by atoms with Crippen LogP contribution in [0, 0.1) is 35.0 Å². The van der Waals surface area contributed by atoms with Gasteiger partial charge in [-0.05, 0) is 56.8 Å². The first-order valence-electron chi connectivity index (χ1n) is 8.22. The van der Waals surface area contributed by atoms with Crippen molar-refractivity contribution in [3.05, 3.63) is 0 Å². The molecule has 0 aromatic rings. The van der Waals surface area contributed by atoms with E-state index in [0.717, 1.165) is 6.42 Å². The molecule has 1 fully saturated rings. The van der Waals surface area contributed by atoms with Crippen molar-refractivity contribution in [3.8, 4) is 0 Å². The van der Waals surface area contributed by atoms with Crippen molar-refractivity contribution < 1.29 is 9.53 Å². The average Bonchev–Trinajstić information content (AvgIpc) is 2.41. The summed E-state index contributed by atoms with van der Waals surface area (Å²) >= 11 is 0. The third-order valence-electron chi connectivity index (χ3n) is 6.79. The van der Waals surface area contributed by atoms with Crippen molar-refractivity contribution in [1.82, 2.24) is 0 Å². The second kappa shape index (κ2) is 5.69. The Morgan fingerprint density at radius 1 is 1.00 bits per heavy atom. The van der Waals surface area contributed by atoms with Gasteiger partial charge in [0.2, 0.25) is 0 Å². The molecular weight excluding hydrogens is 248 g/mol. The van der Waals surface area contributed by atoms with Gasteiger partial charge in [-0.15, -0.1) is 0 Å². The molecule has 4 unspecified atom stereocenters. The highest BCUT2D eigenvalue weighted by molar-refractivity contribution is 5.76. The van der Waals surface area contributed by atoms with Gasteiger partial charge in [0.1, 0.15) is 5.60 Å². The van der Waals surface area contributed by atoms with Crippen LogP contribution < -0.4 is 0 Å². The van der Waals surface area contributed by atoms with E-state index >= 15 is 0 Å². The number of carbonyl (C=O) groups is 1. The Labute approximate surface area is 125 Å². The SMILES string of the molecule is CCC(C)(C)C(=O)OC1(C)C(C)C(C)C(C)C(C)C1C. The predicted octanol–water partition coefficient (Wildman–Crippen LogP) is 4.92. The van der Waals surface area contributed by atoms with E-state index in [1.165, 1.54) is 0 Å². The van der Waals surface area contributed by atoms with E-state index in [0.29, 0.717) is 29.6 Å². The number of rotatable bonds is 3. The van der Waals surface area contributed by atoms with Crippen LogP contribution in [0.4, 0.5) is 0 Å². The monoisotopic (exact) mass is 282 g/mol. The molecule has 0 N–H and O–H groups in total. The summed E-state index contributed by atoms with van der Waals surface area (Å²) in [6.45, 7) is 19.6. The molecule has 0 heterocycles. The lowest BCUT2D eigenvalue weighted by atomic mass is 9.57. The summed E-state index contributed by atoms with van der Waals surface area (Å²) < 4.78 is 6.11. The van der Waals surface area contributed by atoms with E-state index in [-0.39, 0.29) is 11.6 Å². The zero-order valence-electron chi connectivity index (χ0n) is 14.9. The topological polar surface area (TPSA) is 26.3 Å². The highest BCUT2D eigenvalue weighted by atomic mass is 16.6. The molecule has 0 aromatic heterocycles. The van der Waals surface area contributed by atoms with E-state index in [1.807, 2.05) is 20.8 Å². The minimum Gasteiger partial charge on any atom is -0.458 e. The van der Waals surface area contributed by atoms with Gasteiger partial charge in [-0.25, -0.2) is 0 Å². The van der Waals surface area contributed by atoms with Crippen molar-refractivity contribution in [3.63, 3.8) is 0 Å². The average molecular weight is 282 g/mol. The van der Waals surface area contributed by atoms with Gasteiger partial charge in [0, 0.05) is 0 Å². The first-order chi connectivity index (χ1) is 8.99. The summed E-state index contributed by atoms with van der Waals surface area (Å²) in [4.78, 5) is 12.5. The molecule has 0 saturated heterocycles. The Bertz CT molecular complexity index is 342. The van der Waals surface area contributed by atoms with Crippen molar-refractivity contribution in [2.75, 3.05) is 0 Å². The summed E-state index contributed by atoms with van der Waals surface area (Å²) in [6, 6.07) is 0. The minimum atomic E-state index is -0.391. The number of esters is 1. The molecule has 1 saturated carbocycles. The van der Waals surface area contributed by atoms with E-state index < -0.39 is 5.41 Å². The van der Waals surface area contributed by atoms with E-state index in [9.17, 15) is 4.79 Å². The molecule has 1 aliphatic carbocycles. The quantitative estimate of drug-likeness (QED) is 0.687. The van der Waals surface area contributed by atoms with E-state index in [1.54, 1.807) is 0 Å². The van der Waals surface area contributed by atoms with Crippen LogP contribution in [0.15, 0.2) is 0 Å². The second-order valence-corrected chi connectivity index (χ2v) is 7.97. The predicted molar refractivity (Wildman–Crippen MR) is 84.4 cm³/mol. The molecule has 4 atom stereocenters. The Morgan fingerprint density at radius 3 is 1.75 bits per heavy atom. The van der Waals surface area contributed by atoms with Gasteiger partial charge < -0.3 is 4.74 Å². The molecular formula is C18H34O2. The van der Waals surface area contributed by atoms with Crippen LogP contribution in [0.1, 0.15) is 68.7 Å². The van der Waals surface area contributed by atoms with Gasteiger partial charge in [-0.3, -0.25) is 4.79 Å². The van der Waals surface area contributed by atoms with Gasteiger partial charge in [-0.2, -0.15) is 0 Å². The zero-order valence-corrected chi connectivity index (χ0v) is 14.9. The third-order valence-corrected chi connectivity index (χ3v) is 6.79. The normalized spacial score (nSPS) is 42.4. The largest absolute Gasteiger partial charge is 0.458 e. The Kier molecular flexibility index (Phi) is 4.99. The minimum absolute atomic E-state index is 0.0462. The van der Waals surface area contributed by atoms with Crippen LogP contribution in [0.3, 0.4) is 0 Å². The lowest BCUT2D eigenvalue weighted by Gasteiger charge is -2.53. The fraction of sp³-hybridized carbons (Fsp3) is 0.944. The molecule has 118 valence electrons. The summed E-state index contributed by atoms with van der Waals surface area (Å²) in [5.74, 6) is 2.55. The Hall–Kier alpha value is -0.530. The van der Waals surface area contributed by atoms with Crippen molar-refractivity contribution in [1.29, 1.82) is 0 Å². The van der Waals surface area contributed by atoms with Gasteiger partial charge in [0.05, 0.1) is 5.41 Å². The van der Waals surface area contributed by atoms with Crippen LogP contribution in [0.5, 0.6) is 0 Å². The fourth-order valence-corrected chi connectivity index (χ4v) is 3.52. The molecule has 2 heteroatoms. The Morgan fingerprint density at radius 2 is 1.40 bits per heavy atom. The fourth-order valence-electron chi connectivity index (χ4n) is 3.52. The zero-order chi connectivity index (χ0) is 15.9. The first-order valence-corrected chi connectivity index (χ1v) is 8.22. The van der Waals surface area contributed by atoms with Crippen LogP contribution in [-0.2, 0) is 9.53 Å². The van der Waals surface area contributed by atoms with Crippen LogP contribution in [-0.4, -0.2) is 11.6 Å². The molecule has 20 heavy (non-hydrogen) atoms. The summed E-state index contributed by atoms with van der Waals surface area (Å²) in [5, 5.41) is 0. The van der Waals surface area contributed by atoms with Crippen molar-refractivity contribution >= 4 is 5.97 Å². The van der Waals surface area contributed by atoms with E-state index in [2.05, 4.69) is 41.5 Å². The molecule has 1 rings (SSSR count). The molecule has 1 aliphatic rings. The molecule has 0 aliphatic heterocycles. The lowest BCUT2D eigenvalue weighted by molar-refractivity contribution is -0.199. The molecule has 0 aromatic carbocycles. The molecule has 0 spiro atoms. The molecule has 2 nitrogen and oxygen atoms in total. The van der Waals surface area contributed by atoms with Gasteiger partial charge >= 0.3 is 5.97 Å². The third kappa shape index (κ3) is 2.76. The Balaban J connectivity index is 3.03. The van der Waals surface area contributed by atoms with Crippen LogP contribution in [0.2, 0.25) is 0 Å². The molecule has 0 bridgehead atoms. The lowest BCUT2D eigenvalue weighted by Crippen LogP contribution is -2.56.